The van der Waals surface area contributed by atoms with Gasteiger partial charge in [0.05, 0.1) is 18.6 Å². The molecule has 0 aliphatic rings. The topological polar surface area (TPSA) is 86.5 Å². The van der Waals surface area contributed by atoms with Crippen LogP contribution in [0.5, 0.6) is 11.5 Å². The standard InChI is InChI=1S/C19H18ClN3O4S/c1-12-8-15(16(25-2)9-14(12)20)21-17(24)11-28-19-23-22-18(27-19)10-26-13-6-4-3-5-7-13/h3-9H,10-11H2,1-2H3,(H,21,24). The molecule has 0 atom stereocenters. The number of rotatable bonds is 8. The maximum atomic E-state index is 12.2. The highest BCUT2D eigenvalue weighted by Gasteiger charge is 2.13. The van der Waals surface area contributed by atoms with E-state index in [9.17, 15) is 4.79 Å². The van der Waals surface area contributed by atoms with Gasteiger partial charge in [0.25, 0.3) is 11.1 Å². The number of para-hydroxylation sites is 1. The number of amides is 1. The van der Waals surface area contributed by atoms with E-state index in [-0.39, 0.29) is 18.3 Å². The second kappa shape index (κ2) is 9.48. The highest BCUT2D eigenvalue weighted by molar-refractivity contribution is 7.99. The van der Waals surface area contributed by atoms with Crippen LogP contribution in [0.4, 0.5) is 5.69 Å². The first-order valence-corrected chi connectivity index (χ1v) is 9.68. The summed E-state index contributed by atoms with van der Waals surface area (Å²) in [4.78, 5) is 12.2. The van der Waals surface area contributed by atoms with Crippen molar-refractivity contribution in [3.05, 3.63) is 58.9 Å². The van der Waals surface area contributed by atoms with Crippen LogP contribution in [0.3, 0.4) is 0 Å². The molecule has 0 aliphatic heterocycles. The predicted molar refractivity (Wildman–Crippen MR) is 107 cm³/mol. The SMILES string of the molecule is COc1cc(Cl)c(C)cc1NC(=O)CSc1nnc(COc2ccccc2)o1. The Labute approximate surface area is 171 Å². The van der Waals surface area contributed by atoms with E-state index in [2.05, 4.69) is 15.5 Å². The molecule has 28 heavy (non-hydrogen) atoms. The first kappa shape index (κ1) is 20.0. The minimum Gasteiger partial charge on any atom is -0.495 e. The predicted octanol–water partition coefficient (Wildman–Crippen LogP) is 4.35. The molecule has 0 spiro atoms. The third-order valence-electron chi connectivity index (χ3n) is 3.64. The van der Waals surface area contributed by atoms with Crippen molar-refractivity contribution in [1.29, 1.82) is 0 Å². The van der Waals surface area contributed by atoms with Gasteiger partial charge in [-0.05, 0) is 30.7 Å². The van der Waals surface area contributed by atoms with E-state index in [0.29, 0.717) is 33.3 Å². The number of ether oxygens (including phenoxy) is 2. The van der Waals surface area contributed by atoms with Crippen LogP contribution in [0, 0.1) is 6.92 Å². The molecule has 146 valence electrons. The van der Waals surface area contributed by atoms with Crippen molar-refractivity contribution in [3.63, 3.8) is 0 Å². The summed E-state index contributed by atoms with van der Waals surface area (Å²) in [6.07, 6.45) is 0. The van der Waals surface area contributed by atoms with Crippen molar-refractivity contribution in [2.45, 2.75) is 18.8 Å². The van der Waals surface area contributed by atoms with Gasteiger partial charge in [0.2, 0.25) is 5.91 Å². The quantitative estimate of drug-likeness (QED) is 0.543. The maximum absolute atomic E-state index is 12.2. The Balaban J connectivity index is 1.51. The van der Waals surface area contributed by atoms with Crippen molar-refractivity contribution < 1.29 is 18.7 Å². The van der Waals surface area contributed by atoms with E-state index in [1.165, 1.54) is 7.11 Å². The van der Waals surface area contributed by atoms with Crippen LogP contribution in [0.2, 0.25) is 5.02 Å². The molecule has 0 bridgehead atoms. The molecule has 3 rings (SSSR count). The molecular weight excluding hydrogens is 402 g/mol. The molecule has 0 aliphatic carbocycles. The van der Waals surface area contributed by atoms with Crippen LogP contribution < -0.4 is 14.8 Å². The lowest BCUT2D eigenvalue weighted by Gasteiger charge is -2.11. The molecule has 1 N–H and O–H groups in total. The molecule has 1 amide bonds. The van der Waals surface area contributed by atoms with Crippen molar-refractivity contribution in [2.24, 2.45) is 0 Å². The summed E-state index contributed by atoms with van der Waals surface area (Å²) in [7, 11) is 1.52. The van der Waals surface area contributed by atoms with Crippen molar-refractivity contribution >= 4 is 35.0 Å². The van der Waals surface area contributed by atoms with Crippen LogP contribution in [0.1, 0.15) is 11.5 Å². The highest BCUT2D eigenvalue weighted by Crippen LogP contribution is 2.31. The lowest BCUT2D eigenvalue weighted by atomic mass is 10.2. The molecule has 0 unspecified atom stereocenters. The average Bonchev–Trinajstić information content (AvgIpc) is 3.16. The largest absolute Gasteiger partial charge is 0.495 e. The number of hydrogen-bond acceptors (Lipinski definition) is 7. The number of halogens is 1. The zero-order chi connectivity index (χ0) is 19.9. The van der Waals surface area contributed by atoms with Crippen molar-refractivity contribution in [2.75, 3.05) is 18.2 Å². The average molecular weight is 420 g/mol. The van der Waals surface area contributed by atoms with Gasteiger partial charge in [0.15, 0.2) is 6.61 Å². The summed E-state index contributed by atoms with van der Waals surface area (Å²) in [5, 5.41) is 11.5. The van der Waals surface area contributed by atoms with Gasteiger partial charge in [0.1, 0.15) is 11.5 Å². The molecular formula is C19H18ClN3O4S. The molecule has 2 aromatic carbocycles. The lowest BCUT2D eigenvalue weighted by molar-refractivity contribution is -0.113. The molecule has 9 heteroatoms. The summed E-state index contributed by atoms with van der Waals surface area (Å²) in [6.45, 7) is 2.01. The molecule has 1 aromatic heterocycles. The highest BCUT2D eigenvalue weighted by atomic mass is 35.5. The number of anilines is 1. The van der Waals surface area contributed by atoms with Gasteiger partial charge in [-0.1, -0.05) is 41.6 Å². The molecule has 0 saturated heterocycles. The van der Waals surface area contributed by atoms with Crippen LogP contribution >= 0.6 is 23.4 Å². The van der Waals surface area contributed by atoms with E-state index >= 15 is 0 Å². The minimum atomic E-state index is -0.231. The van der Waals surface area contributed by atoms with E-state index in [1.54, 1.807) is 12.1 Å². The number of aryl methyl sites for hydroxylation is 1. The third-order valence-corrected chi connectivity index (χ3v) is 4.86. The molecule has 0 saturated carbocycles. The number of nitrogens with zero attached hydrogens (tertiary/aromatic N) is 2. The third kappa shape index (κ3) is 5.40. The Morgan fingerprint density at radius 2 is 2.04 bits per heavy atom. The minimum absolute atomic E-state index is 0.103. The van der Waals surface area contributed by atoms with Crippen LogP contribution in [0.15, 0.2) is 52.1 Å². The first-order valence-electron chi connectivity index (χ1n) is 8.32. The van der Waals surface area contributed by atoms with Crippen molar-refractivity contribution in [1.82, 2.24) is 10.2 Å². The number of benzene rings is 2. The van der Waals surface area contributed by atoms with E-state index in [0.717, 1.165) is 17.3 Å². The Kier molecular flexibility index (Phi) is 6.78. The monoisotopic (exact) mass is 419 g/mol. The normalized spacial score (nSPS) is 10.5. The molecule has 1 heterocycles. The number of nitrogens with one attached hydrogen (secondary N) is 1. The van der Waals surface area contributed by atoms with Gasteiger partial charge < -0.3 is 19.2 Å². The summed E-state index contributed by atoms with van der Waals surface area (Å²) in [6, 6.07) is 12.7. The second-order valence-electron chi connectivity index (χ2n) is 5.70. The molecule has 0 fully saturated rings. The van der Waals surface area contributed by atoms with Crippen LogP contribution in [-0.2, 0) is 11.4 Å². The number of aromatic nitrogens is 2. The number of hydrogen-bond donors (Lipinski definition) is 1. The van der Waals surface area contributed by atoms with Gasteiger partial charge >= 0.3 is 0 Å². The van der Waals surface area contributed by atoms with Gasteiger partial charge in [-0.2, -0.15) is 0 Å². The van der Waals surface area contributed by atoms with Gasteiger partial charge in [-0.25, -0.2) is 0 Å². The zero-order valence-corrected chi connectivity index (χ0v) is 16.8. The Bertz CT molecular complexity index is 950. The van der Waals surface area contributed by atoms with Gasteiger partial charge in [0, 0.05) is 11.1 Å². The number of methoxy groups -OCH3 is 1. The van der Waals surface area contributed by atoms with Crippen LogP contribution in [-0.4, -0.2) is 29.0 Å². The first-order chi connectivity index (χ1) is 13.5. The van der Waals surface area contributed by atoms with Gasteiger partial charge in [-0.3, -0.25) is 4.79 Å². The summed E-state index contributed by atoms with van der Waals surface area (Å²) < 4.78 is 16.3. The van der Waals surface area contributed by atoms with E-state index in [1.807, 2.05) is 37.3 Å². The van der Waals surface area contributed by atoms with E-state index in [4.69, 9.17) is 25.5 Å². The number of carbonyl (C=O) groups excluding carboxylic acids is 1. The van der Waals surface area contributed by atoms with Gasteiger partial charge in [-0.15, -0.1) is 10.2 Å². The molecule has 0 radical (unpaired) electrons. The fraction of sp³-hybridized carbons (Fsp3) is 0.211. The Morgan fingerprint density at radius 1 is 1.25 bits per heavy atom. The van der Waals surface area contributed by atoms with Crippen LogP contribution in [0.25, 0.3) is 0 Å². The Morgan fingerprint density at radius 3 is 2.79 bits per heavy atom. The fourth-order valence-electron chi connectivity index (χ4n) is 2.26. The fourth-order valence-corrected chi connectivity index (χ4v) is 2.99. The lowest BCUT2D eigenvalue weighted by Crippen LogP contribution is -2.15. The van der Waals surface area contributed by atoms with E-state index < -0.39 is 0 Å². The maximum Gasteiger partial charge on any atom is 0.277 e. The summed E-state index contributed by atoms with van der Waals surface area (Å²) in [5.41, 5.74) is 1.39. The zero-order valence-electron chi connectivity index (χ0n) is 15.3. The Hall–Kier alpha value is -2.71. The number of thioether (sulfide) groups is 1. The summed E-state index contributed by atoms with van der Waals surface area (Å²) >= 11 is 7.21. The second-order valence-corrected chi connectivity index (χ2v) is 7.04. The molecule has 3 aromatic rings. The van der Waals surface area contributed by atoms with Crippen molar-refractivity contribution in [3.8, 4) is 11.5 Å². The number of carbonyl (C=O) groups is 1. The summed E-state index contributed by atoms with van der Waals surface area (Å²) in [5.74, 6) is 1.41. The molecule has 7 nitrogen and oxygen atoms in total. The smallest absolute Gasteiger partial charge is 0.277 e.